The van der Waals surface area contributed by atoms with Gasteiger partial charge >= 0.3 is 0 Å². The number of hydrogen-bond acceptors (Lipinski definition) is 2. The number of nitrogens with one attached hydrogen (secondary N) is 1. The molecule has 0 saturated carbocycles. The topological polar surface area (TPSA) is 21.3 Å². The summed E-state index contributed by atoms with van der Waals surface area (Å²) in [4.78, 5) is 0. The maximum Gasteiger partial charge on any atom is 0.156 e. The van der Waals surface area contributed by atoms with Crippen molar-refractivity contribution in [3.05, 3.63) is 28.2 Å². The molecule has 0 aliphatic rings. The van der Waals surface area contributed by atoms with Crippen LogP contribution < -0.4 is 10.1 Å². The Morgan fingerprint density at radius 2 is 1.93 bits per heavy atom. The normalized spacial score (nSPS) is 12.5. The molecule has 1 aromatic carbocycles. The molecule has 0 aliphatic heterocycles. The summed E-state index contributed by atoms with van der Waals surface area (Å²) in [5.41, 5.74) is 0. The molecule has 0 aliphatic carbocycles. The molecular formula is C11H15Cl2NO. The Balaban J connectivity index is 2.63. The molecular weight excluding hydrogens is 233 g/mol. The summed E-state index contributed by atoms with van der Waals surface area (Å²) in [7, 11) is 1.91. The van der Waals surface area contributed by atoms with E-state index < -0.39 is 0 Å². The Hall–Kier alpha value is -0.440. The van der Waals surface area contributed by atoms with Crippen LogP contribution in [0, 0.1) is 0 Å². The predicted molar refractivity (Wildman–Crippen MR) is 65.1 cm³/mol. The highest BCUT2D eigenvalue weighted by molar-refractivity contribution is 6.37. The van der Waals surface area contributed by atoms with E-state index in [4.69, 9.17) is 27.9 Å². The molecule has 0 radical (unpaired) electrons. The summed E-state index contributed by atoms with van der Waals surface area (Å²) in [6, 6.07) is 5.34. The van der Waals surface area contributed by atoms with Gasteiger partial charge in [0.2, 0.25) is 0 Å². The van der Waals surface area contributed by atoms with Crippen LogP contribution in [0.15, 0.2) is 18.2 Å². The number of para-hydroxylation sites is 1. The van der Waals surface area contributed by atoms with Gasteiger partial charge in [0.25, 0.3) is 0 Å². The SMILES string of the molecule is CNCCC(C)Oc1c(Cl)cccc1Cl. The first-order valence-corrected chi connectivity index (χ1v) is 5.66. The van der Waals surface area contributed by atoms with Crippen LogP contribution >= 0.6 is 23.2 Å². The van der Waals surface area contributed by atoms with Crippen LogP contribution in [0.3, 0.4) is 0 Å². The molecule has 0 saturated heterocycles. The Kier molecular flexibility index (Phi) is 5.23. The molecule has 0 spiro atoms. The van der Waals surface area contributed by atoms with E-state index in [2.05, 4.69) is 5.32 Å². The van der Waals surface area contributed by atoms with Crippen LogP contribution in [0.1, 0.15) is 13.3 Å². The van der Waals surface area contributed by atoms with E-state index in [9.17, 15) is 0 Å². The van der Waals surface area contributed by atoms with Gasteiger partial charge in [-0.15, -0.1) is 0 Å². The maximum absolute atomic E-state index is 5.98. The minimum Gasteiger partial charge on any atom is -0.488 e. The third-order valence-corrected chi connectivity index (χ3v) is 2.63. The quantitative estimate of drug-likeness (QED) is 0.862. The predicted octanol–water partition coefficient (Wildman–Crippen LogP) is 3.37. The fourth-order valence-electron chi connectivity index (χ4n) is 1.20. The van der Waals surface area contributed by atoms with Crippen molar-refractivity contribution in [2.24, 2.45) is 0 Å². The van der Waals surface area contributed by atoms with Crippen LogP contribution in [0.25, 0.3) is 0 Å². The third-order valence-electron chi connectivity index (χ3n) is 2.04. The molecule has 4 heteroatoms. The van der Waals surface area contributed by atoms with E-state index in [0.29, 0.717) is 15.8 Å². The minimum absolute atomic E-state index is 0.0925. The maximum atomic E-state index is 5.98. The van der Waals surface area contributed by atoms with E-state index in [1.54, 1.807) is 18.2 Å². The van der Waals surface area contributed by atoms with Crippen LogP contribution in [0.5, 0.6) is 5.75 Å². The lowest BCUT2D eigenvalue weighted by molar-refractivity contribution is 0.211. The van der Waals surface area contributed by atoms with Gasteiger partial charge in [0.05, 0.1) is 16.1 Å². The summed E-state index contributed by atoms with van der Waals surface area (Å²) in [6.07, 6.45) is 1.01. The van der Waals surface area contributed by atoms with E-state index in [0.717, 1.165) is 13.0 Å². The molecule has 1 atom stereocenters. The Morgan fingerprint density at radius 3 is 2.47 bits per heavy atom. The molecule has 1 N–H and O–H groups in total. The van der Waals surface area contributed by atoms with Gasteiger partial charge in [-0.1, -0.05) is 29.3 Å². The lowest BCUT2D eigenvalue weighted by Crippen LogP contribution is -2.19. The average molecular weight is 248 g/mol. The minimum atomic E-state index is 0.0925. The van der Waals surface area contributed by atoms with E-state index >= 15 is 0 Å². The van der Waals surface area contributed by atoms with Crippen LogP contribution in [-0.2, 0) is 0 Å². The van der Waals surface area contributed by atoms with Crippen molar-refractivity contribution in [2.75, 3.05) is 13.6 Å². The average Bonchev–Trinajstić information content (AvgIpc) is 2.21. The lowest BCUT2D eigenvalue weighted by atomic mass is 10.2. The molecule has 1 unspecified atom stereocenters. The Bertz CT molecular complexity index is 297. The van der Waals surface area contributed by atoms with Crippen molar-refractivity contribution in [3.8, 4) is 5.75 Å². The van der Waals surface area contributed by atoms with Crippen molar-refractivity contribution in [1.82, 2.24) is 5.32 Å². The standard InChI is InChI=1S/C11H15Cl2NO/c1-8(6-7-14-2)15-11-9(12)4-3-5-10(11)13/h3-5,8,14H,6-7H2,1-2H3. The second kappa shape index (κ2) is 6.21. The first-order chi connectivity index (χ1) is 7.15. The molecule has 0 bridgehead atoms. The first kappa shape index (κ1) is 12.6. The highest BCUT2D eigenvalue weighted by Gasteiger charge is 2.10. The molecule has 0 aromatic heterocycles. The van der Waals surface area contributed by atoms with Gasteiger partial charge in [-0.05, 0) is 39.1 Å². The summed E-state index contributed by atoms with van der Waals surface area (Å²) in [6.45, 7) is 2.90. The van der Waals surface area contributed by atoms with Gasteiger partial charge in [-0.3, -0.25) is 0 Å². The smallest absolute Gasteiger partial charge is 0.156 e. The van der Waals surface area contributed by atoms with Crippen molar-refractivity contribution in [2.45, 2.75) is 19.4 Å². The molecule has 0 amide bonds. The lowest BCUT2D eigenvalue weighted by Gasteiger charge is -2.16. The Labute approximate surface area is 101 Å². The van der Waals surface area contributed by atoms with Gasteiger partial charge in [0.15, 0.2) is 5.75 Å². The van der Waals surface area contributed by atoms with E-state index in [1.165, 1.54) is 0 Å². The molecule has 2 nitrogen and oxygen atoms in total. The van der Waals surface area contributed by atoms with Gasteiger partial charge < -0.3 is 10.1 Å². The summed E-state index contributed by atoms with van der Waals surface area (Å²) in [5.74, 6) is 0.574. The zero-order valence-corrected chi connectivity index (χ0v) is 10.4. The fraction of sp³-hybridized carbons (Fsp3) is 0.455. The van der Waals surface area contributed by atoms with Gasteiger partial charge in [-0.25, -0.2) is 0 Å². The molecule has 84 valence electrons. The second-order valence-corrected chi connectivity index (χ2v) is 4.19. The van der Waals surface area contributed by atoms with E-state index in [-0.39, 0.29) is 6.10 Å². The molecule has 1 rings (SSSR count). The van der Waals surface area contributed by atoms with Crippen LogP contribution in [0.4, 0.5) is 0 Å². The first-order valence-electron chi connectivity index (χ1n) is 4.90. The third kappa shape index (κ3) is 3.90. The second-order valence-electron chi connectivity index (χ2n) is 3.37. The summed E-state index contributed by atoms with van der Waals surface area (Å²) < 4.78 is 5.67. The van der Waals surface area contributed by atoms with Gasteiger partial charge in [0, 0.05) is 0 Å². The molecule has 0 heterocycles. The molecule has 0 fully saturated rings. The van der Waals surface area contributed by atoms with Crippen molar-refractivity contribution >= 4 is 23.2 Å². The monoisotopic (exact) mass is 247 g/mol. The molecule has 15 heavy (non-hydrogen) atoms. The zero-order valence-electron chi connectivity index (χ0n) is 8.89. The zero-order chi connectivity index (χ0) is 11.3. The highest BCUT2D eigenvalue weighted by atomic mass is 35.5. The van der Waals surface area contributed by atoms with Gasteiger partial charge in [0.1, 0.15) is 0 Å². The molecule has 1 aromatic rings. The fourth-order valence-corrected chi connectivity index (χ4v) is 1.69. The number of ether oxygens (including phenoxy) is 1. The van der Waals surface area contributed by atoms with Crippen molar-refractivity contribution in [1.29, 1.82) is 0 Å². The number of rotatable bonds is 5. The van der Waals surface area contributed by atoms with Crippen LogP contribution in [0.2, 0.25) is 10.0 Å². The van der Waals surface area contributed by atoms with Gasteiger partial charge in [-0.2, -0.15) is 0 Å². The van der Waals surface area contributed by atoms with E-state index in [1.807, 2.05) is 14.0 Å². The summed E-state index contributed by atoms with van der Waals surface area (Å²) in [5, 5.41) is 4.18. The summed E-state index contributed by atoms with van der Waals surface area (Å²) >= 11 is 12.0. The Morgan fingerprint density at radius 1 is 1.33 bits per heavy atom. The number of hydrogen-bond donors (Lipinski definition) is 1. The van der Waals surface area contributed by atoms with Crippen molar-refractivity contribution in [3.63, 3.8) is 0 Å². The highest BCUT2D eigenvalue weighted by Crippen LogP contribution is 2.33. The number of halogens is 2. The number of benzene rings is 1. The van der Waals surface area contributed by atoms with Crippen LogP contribution in [-0.4, -0.2) is 19.7 Å². The van der Waals surface area contributed by atoms with Crippen molar-refractivity contribution < 1.29 is 4.74 Å². The largest absolute Gasteiger partial charge is 0.488 e.